The van der Waals surface area contributed by atoms with E-state index in [9.17, 15) is 30.6 Å². The van der Waals surface area contributed by atoms with Crippen LogP contribution in [-0.2, 0) is 0 Å². The van der Waals surface area contributed by atoms with E-state index in [0.717, 1.165) is 0 Å². The standard InChI is InChI=1S/C12H26O8/c1-7(15)10(18)11(19)12(20,5-8(16)6-14)9(17)3-2-4-13/h7-11,13-20H,2-6H2,1H3. The smallest absolute Gasteiger partial charge is 0.121 e. The van der Waals surface area contributed by atoms with Crippen LogP contribution in [0.2, 0.25) is 0 Å². The van der Waals surface area contributed by atoms with Crippen LogP contribution < -0.4 is 0 Å². The van der Waals surface area contributed by atoms with E-state index >= 15 is 0 Å². The van der Waals surface area contributed by atoms with Gasteiger partial charge in [-0.25, -0.2) is 0 Å². The molecule has 6 atom stereocenters. The maximum atomic E-state index is 10.4. The monoisotopic (exact) mass is 298 g/mol. The first-order valence-electron chi connectivity index (χ1n) is 6.55. The van der Waals surface area contributed by atoms with E-state index in [1.165, 1.54) is 6.92 Å². The third-order valence-corrected chi connectivity index (χ3v) is 3.32. The normalized spacial score (nSPS) is 22.6. The quantitative estimate of drug-likeness (QED) is 0.208. The Morgan fingerprint density at radius 1 is 1.00 bits per heavy atom. The van der Waals surface area contributed by atoms with Gasteiger partial charge in [0.05, 0.1) is 24.9 Å². The van der Waals surface area contributed by atoms with Gasteiger partial charge in [-0.15, -0.1) is 0 Å². The second-order valence-electron chi connectivity index (χ2n) is 5.09. The van der Waals surface area contributed by atoms with Gasteiger partial charge in [-0.05, 0) is 19.8 Å². The molecule has 0 radical (unpaired) electrons. The summed E-state index contributed by atoms with van der Waals surface area (Å²) in [4.78, 5) is 0. The topological polar surface area (TPSA) is 162 Å². The van der Waals surface area contributed by atoms with Crippen molar-refractivity contribution in [1.29, 1.82) is 0 Å². The molecule has 0 bridgehead atoms. The van der Waals surface area contributed by atoms with Gasteiger partial charge in [0.25, 0.3) is 0 Å². The van der Waals surface area contributed by atoms with Crippen molar-refractivity contribution in [3.8, 4) is 0 Å². The lowest BCUT2D eigenvalue weighted by molar-refractivity contribution is -0.206. The van der Waals surface area contributed by atoms with Gasteiger partial charge in [-0.3, -0.25) is 0 Å². The Morgan fingerprint density at radius 2 is 1.55 bits per heavy atom. The van der Waals surface area contributed by atoms with Gasteiger partial charge in [0.15, 0.2) is 0 Å². The van der Waals surface area contributed by atoms with E-state index in [4.69, 9.17) is 10.2 Å². The Balaban J connectivity index is 5.11. The molecule has 0 fully saturated rings. The van der Waals surface area contributed by atoms with Crippen molar-refractivity contribution in [1.82, 2.24) is 0 Å². The Kier molecular flexibility index (Phi) is 8.71. The minimum atomic E-state index is -2.33. The van der Waals surface area contributed by atoms with Gasteiger partial charge in [0.2, 0.25) is 0 Å². The lowest BCUT2D eigenvalue weighted by atomic mass is 9.79. The Hall–Kier alpha value is -0.320. The van der Waals surface area contributed by atoms with Crippen LogP contribution in [0.1, 0.15) is 26.2 Å². The lowest BCUT2D eigenvalue weighted by Gasteiger charge is -2.40. The van der Waals surface area contributed by atoms with Crippen molar-refractivity contribution in [2.24, 2.45) is 0 Å². The minimum Gasteiger partial charge on any atom is -0.396 e. The average molecular weight is 298 g/mol. The maximum Gasteiger partial charge on any atom is 0.121 e. The summed E-state index contributed by atoms with van der Waals surface area (Å²) in [6, 6.07) is 0. The first-order valence-corrected chi connectivity index (χ1v) is 6.55. The summed E-state index contributed by atoms with van der Waals surface area (Å²) in [5.74, 6) is 0. The molecule has 0 aliphatic heterocycles. The van der Waals surface area contributed by atoms with Gasteiger partial charge in [0, 0.05) is 13.0 Å². The molecule has 0 heterocycles. The second kappa shape index (κ2) is 8.85. The Labute approximate surface area is 117 Å². The van der Waals surface area contributed by atoms with E-state index in [1.807, 2.05) is 0 Å². The molecule has 0 saturated heterocycles. The van der Waals surface area contributed by atoms with Gasteiger partial charge in [0.1, 0.15) is 17.8 Å². The molecule has 0 aromatic rings. The zero-order valence-corrected chi connectivity index (χ0v) is 11.5. The van der Waals surface area contributed by atoms with Crippen molar-refractivity contribution in [3.05, 3.63) is 0 Å². The van der Waals surface area contributed by atoms with Crippen LogP contribution in [0.25, 0.3) is 0 Å². The van der Waals surface area contributed by atoms with Crippen molar-refractivity contribution in [3.63, 3.8) is 0 Å². The van der Waals surface area contributed by atoms with Crippen molar-refractivity contribution in [2.75, 3.05) is 13.2 Å². The molecule has 0 amide bonds. The molecule has 0 rings (SSSR count). The third-order valence-electron chi connectivity index (χ3n) is 3.32. The van der Waals surface area contributed by atoms with Crippen LogP contribution >= 0.6 is 0 Å². The Morgan fingerprint density at radius 3 is 1.95 bits per heavy atom. The third kappa shape index (κ3) is 5.23. The van der Waals surface area contributed by atoms with E-state index in [1.54, 1.807) is 0 Å². The highest BCUT2D eigenvalue weighted by molar-refractivity contribution is 4.98. The van der Waals surface area contributed by atoms with Crippen LogP contribution in [0.4, 0.5) is 0 Å². The van der Waals surface area contributed by atoms with Gasteiger partial charge in [-0.2, -0.15) is 0 Å². The number of aliphatic hydroxyl groups excluding tert-OH is 7. The van der Waals surface area contributed by atoms with Crippen LogP contribution in [-0.4, -0.2) is 90.2 Å². The van der Waals surface area contributed by atoms with Gasteiger partial charge >= 0.3 is 0 Å². The highest BCUT2D eigenvalue weighted by Gasteiger charge is 2.47. The Bertz CT molecular complexity index is 262. The number of hydrogen-bond acceptors (Lipinski definition) is 8. The molecular weight excluding hydrogens is 272 g/mol. The largest absolute Gasteiger partial charge is 0.396 e. The first-order chi connectivity index (χ1) is 9.20. The van der Waals surface area contributed by atoms with Gasteiger partial charge in [-0.1, -0.05) is 0 Å². The van der Waals surface area contributed by atoms with E-state index in [0.29, 0.717) is 0 Å². The van der Waals surface area contributed by atoms with E-state index in [-0.39, 0.29) is 19.4 Å². The summed E-state index contributed by atoms with van der Waals surface area (Å²) in [6.07, 6.45) is -8.56. The summed E-state index contributed by atoms with van der Waals surface area (Å²) in [6.45, 7) is 0.244. The summed E-state index contributed by atoms with van der Waals surface area (Å²) in [7, 11) is 0. The molecule has 0 saturated carbocycles. The van der Waals surface area contributed by atoms with E-state index < -0.39 is 49.1 Å². The van der Waals surface area contributed by atoms with Gasteiger partial charge < -0.3 is 40.9 Å². The van der Waals surface area contributed by atoms with Crippen LogP contribution in [0.15, 0.2) is 0 Å². The van der Waals surface area contributed by atoms with Crippen molar-refractivity contribution in [2.45, 2.75) is 62.3 Å². The predicted octanol–water partition coefficient (Wildman–Crippen LogP) is -3.30. The zero-order chi connectivity index (χ0) is 15.9. The molecule has 8 heteroatoms. The lowest BCUT2D eigenvalue weighted by Crippen LogP contribution is -2.60. The first kappa shape index (κ1) is 19.7. The molecule has 0 aromatic heterocycles. The molecule has 20 heavy (non-hydrogen) atoms. The average Bonchev–Trinajstić information content (AvgIpc) is 2.42. The molecule has 0 spiro atoms. The zero-order valence-electron chi connectivity index (χ0n) is 11.5. The molecule has 8 N–H and O–H groups in total. The SMILES string of the molecule is CC(O)C(O)C(O)C(O)(CC(O)CO)C(O)CCCO. The van der Waals surface area contributed by atoms with Crippen molar-refractivity contribution >= 4 is 0 Å². The summed E-state index contributed by atoms with van der Waals surface area (Å²) in [5, 5.41) is 76.1. The van der Waals surface area contributed by atoms with Crippen LogP contribution in [0.5, 0.6) is 0 Å². The fourth-order valence-corrected chi connectivity index (χ4v) is 1.99. The fraction of sp³-hybridized carbons (Fsp3) is 1.00. The van der Waals surface area contributed by atoms with Crippen LogP contribution in [0, 0.1) is 0 Å². The van der Waals surface area contributed by atoms with Crippen LogP contribution in [0.3, 0.4) is 0 Å². The summed E-state index contributed by atoms with van der Waals surface area (Å²) < 4.78 is 0. The number of aliphatic hydroxyl groups is 8. The van der Waals surface area contributed by atoms with Crippen molar-refractivity contribution < 1.29 is 40.9 Å². The molecule has 0 aliphatic rings. The highest BCUT2D eigenvalue weighted by atomic mass is 16.4. The number of hydrogen-bond donors (Lipinski definition) is 8. The number of rotatable bonds is 10. The molecule has 122 valence electrons. The maximum absolute atomic E-state index is 10.4. The fourth-order valence-electron chi connectivity index (χ4n) is 1.99. The highest BCUT2D eigenvalue weighted by Crippen LogP contribution is 2.28. The predicted molar refractivity (Wildman–Crippen MR) is 68.7 cm³/mol. The molecule has 0 aliphatic carbocycles. The molecular formula is C12H26O8. The second-order valence-corrected chi connectivity index (χ2v) is 5.09. The van der Waals surface area contributed by atoms with E-state index in [2.05, 4.69) is 0 Å². The molecule has 6 unspecified atom stereocenters. The summed E-state index contributed by atoms with van der Waals surface area (Å²) >= 11 is 0. The minimum absolute atomic E-state index is 0.0886. The summed E-state index contributed by atoms with van der Waals surface area (Å²) in [5.41, 5.74) is -2.33. The molecule has 0 aromatic carbocycles. The molecule has 8 nitrogen and oxygen atoms in total.